The number of hydrogen-bond acceptors (Lipinski definition) is 7. The highest BCUT2D eigenvalue weighted by molar-refractivity contribution is 5.97. The molecule has 0 aliphatic heterocycles. The number of carbonyl (C=O) groups is 2. The Balaban J connectivity index is 2.40. The zero-order valence-electron chi connectivity index (χ0n) is 15.7. The molecule has 29 heavy (non-hydrogen) atoms. The molecule has 0 saturated heterocycles. The van der Waals surface area contributed by atoms with Crippen molar-refractivity contribution >= 4 is 11.9 Å². The maximum absolute atomic E-state index is 13.2. The number of carbonyl (C=O) groups excluding carboxylic acids is 2. The normalized spacial score (nSPS) is 12.0. The van der Waals surface area contributed by atoms with E-state index in [1.54, 1.807) is 12.1 Å². The molecule has 0 spiro atoms. The third-order valence-electron chi connectivity index (χ3n) is 3.91. The molecule has 0 aliphatic rings. The summed E-state index contributed by atoms with van der Waals surface area (Å²) in [7, 11) is 2.44. The van der Waals surface area contributed by atoms with Gasteiger partial charge in [-0.2, -0.15) is 0 Å². The smallest absolute Gasteiger partial charge is 0.373 e. The number of para-hydroxylation sites is 1. The van der Waals surface area contributed by atoms with Gasteiger partial charge in [0.25, 0.3) is 0 Å². The molecule has 0 aliphatic carbocycles. The van der Waals surface area contributed by atoms with Crippen molar-refractivity contribution in [1.29, 1.82) is 0 Å². The third-order valence-corrected chi connectivity index (χ3v) is 3.91. The largest absolute Gasteiger partial charge is 0.496 e. The molecule has 8 nitrogen and oxygen atoms in total. The first-order valence-electron chi connectivity index (χ1n) is 8.38. The molecule has 152 valence electrons. The van der Waals surface area contributed by atoms with Crippen LogP contribution in [-0.2, 0) is 14.3 Å². The van der Waals surface area contributed by atoms with Crippen molar-refractivity contribution in [2.75, 3.05) is 20.8 Å². The summed E-state index contributed by atoms with van der Waals surface area (Å²) < 4.78 is 28.1. The van der Waals surface area contributed by atoms with Gasteiger partial charge in [-0.05, 0) is 35.9 Å². The first-order chi connectivity index (χ1) is 13.8. The molecule has 0 unspecified atom stereocenters. The van der Waals surface area contributed by atoms with Crippen molar-refractivity contribution in [3.8, 4) is 5.75 Å². The number of esters is 2. The predicted octanol–water partition coefficient (Wildman–Crippen LogP) is 3.11. The Morgan fingerprint density at radius 2 is 1.79 bits per heavy atom. The van der Waals surface area contributed by atoms with Gasteiger partial charge in [-0.3, -0.25) is 10.1 Å². The van der Waals surface area contributed by atoms with Crippen LogP contribution in [0.4, 0.5) is 4.39 Å². The van der Waals surface area contributed by atoms with Crippen LogP contribution in [0, 0.1) is 15.9 Å². The van der Waals surface area contributed by atoms with Crippen LogP contribution in [0.25, 0.3) is 0 Å². The summed E-state index contributed by atoms with van der Waals surface area (Å²) in [6.45, 7) is -0.613. The molecule has 2 aromatic rings. The van der Waals surface area contributed by atoms with Crippen LogP contribution in [0.3, 0.4) is 0 Å². The maximum Gasteiger partial charge on any atom is 0.373 e. The standard InChI is InChI=1S/C20H18FNO7/c1-27-17-6-4-3-5-16(17)19(23)29-18(20(24)28-2)11-14(12-22(25)26)13-7-9-15(21)10-8-13/h3-11,14H,12H2,1-2H3/b18-11-/t14-/m0/s1. The lowest BCUT2D eigenvalue weighted by Crippen LogP contribution is -2.18. The van der Waals surface area contributed by atoms with Gasteiger partial charge >= 0.3 is 11.9 Å². The second kappa shape index (κ2) is 9.98. The Morgan fingerprint density at radius 1 is 1.14 bits per heavy atom. The Hall–Kier alpha value is -3.75. The summed E-state index contributed by atoms with van der Waals surface area (Å²) in [5, 5.41) is 11.1. The molecule has 0 amide bonds. The van der Waals surface area contributed by atoms with E-state index in [9.17, 15) is 24.1 Å². The van der Waals surface area contributed by atoms with Crippen LogP contribution in [-0.4, -0.2) is 37.6 Å². The van der Waals surface area contributed by atoms with E-state index < -0.39 is 40.9 Å². The number of nitro groups is 1. The quantitative estimate of drug-likeness (QED) is 0.219. The highest BCUT2D eigenvalue weighted by atomic mass is 19.1. The molecule has 0 aromatic heterocycles. The van der Waals surface area contributed by atoms with Crippen LogP contribution in [0.15, 0.2) is 60.4 Å². The van der Waals surface area contributed by atoms with Crippen LogP contribution in [0.2, 0.25) is 0 Å². The third kappa shape index (κ3) is 5.86. The van der Waals surface area contributed by atoms with E-state index in [2.05, 4.69) is 4.74 Å². The molecule has 0 bridgehead atoms. The molecular weight excluding hydrogens is 385 g/mol. The zero-order chi connectivity index (χ0) is 21.4. The van der Waals surface area contributed by atoms with Crippen molar-refractivity contribution in [1.82, 2.24) is 0 Å². The lowest BCUT2D eigenvalue weighted by atomic mass is 9.98. The molecule has 1 atom stereocenters. The van der Waals surface area contributed by atoms with E-state index in [1.807, 2.05) is 0 Å². The average molecular weight is 403 g/mol. The fourth-order valence-electron chi connectivity index (χ4n) is 2.52. The van der Waals surface area contributed by atoms with Crippen molar-refractivity contribution in [2.24, 2.45) is 0 Å². The first kappa shape index (κ1) is 21.5. The maximum atomic E-state index is 13.2. The fraction of sp³-hybridized carbons (Fsp3) is 0.200. The van der Waals surface area contributed by atoms with Gasteiger partial charge in [-0.1, -0.05) is 24.3 Å². The monoisotopic (exact) mass is 403 g/mol. The van der Waals surface area contributed by atoms with Crippen molar-refractivity contribution < 1.29 is 33.1 Å². The summed E-state index contributed by atoms with van der Waals surface area (Å²) in [6, 6.07) is 11.1. The van der Waals surface area contributed by atoms with Gasteiger partial charge in [0.05, 0.1) is 20.1 Å². The number of methoxy groups -OCH3 is 2. The minimum Gasteiger partial charge on any atom is -0.496 e. The molecule has 0 fully saturated rings. The van der Waals surface area contributed by atoms with E-state index in [4.69, 9.17) is 9.47 Å². The first-order valence-corrected chi connectivity index (χ1v) is 8.38. The van der Waals surface area contributed by atoms with E-state index in [-0.39, 0.29) is 11.3 Å². The van der Waals surface area contributed by atoms with Gasteiger partial charge in [0.15, 0.2) is 0 Å². The van der Waals surface area contributed by atoms with Crippen molar-refractivity contribution in [3.63, 3.8) is 0 Å². The van der Waals surface area contributed by atoms with Crippen molar-refractivity contribution in [2.45, 2.75) is 5.92 Å². The van der Waals surface area contributed by atoms with Gasteiger partial charge < -0.3 is 14.2 Å². The minimum atomic E-state index is -0.997. The van der Waals surface area contributed by atoms with Gasteiger partial charge in [-0.15, -0.1) is 0 Å². The number of halogens is 1. The molecule has 0 N–H and O–H groups in total. The average Bonchev–Trinajstić information content (AvgIpc) is 2.72. The number of benzene rings is 2. The van der Waals surface area contributed by atoms with Crippen LogP contribution in [0.5, 0.6) is 5.75 Å². The second-order valence-corrected chi connectivity index (χ2v) is 5.79. The van der Waals surface area contributed by atoms with Crippen molar-refractivity contribution in [3.05, 3.63) is 87.4 Å². The van der Waals surface area contributed by atoms with Gasteiger partial charge in [0.1, 0.15) is 17.1 Å². The Bertz CT molecular complexity index is 925. The molecule has 9 heteroatoms. The zero-order valence-corrected chi connectivity index (χ0v) is 15.7. The fourth-order valence-corrected chi connectivity index (χ4v) is 2.52. The topological polar surface area (TPSA) is 105 Å². The SMILES string of the molecule is COC(=O)/C(=C/[C@@H](C[N+](=O)[O-])c1ccc(F)cc1)OC(=O)c1ccccc1OC. The molecule has 0 radical (unpaired) electrons. The number of hydrogen-bond donors (Lipinski definition) is 0. The number of rotatable bonds is 8. The predicted molar refractivity (Wildman–Crippen MR) is 99.5 cm³/mol. The molecule has 0 heterocycles. The summed E-state index contributed by atoms with van der Waals surface area (Å²) in [6.07, 6.45) is 1.11. The van der Waals surface area contributed by atoms with Gasteiger partial charge in [0.2, 0.25) is 12.3 Å². The highest BCUT2D eigenvalue weighted by Gasteiger charge is 2.24. The lowest BCUT2D eigenvalue weighted by molar-refractivity contribution is -0.481. The lowest BCUT2D eigenvalue weighted by Gasteiger charge is -2.13. The summed E-state index contributed by atoms with van der Waals surface area (Å²) >= 11 is 0. The van der Waals surface area contributed by atoms with E-state index in [0.29, 0.717) is 5.56 Å². The second-order valence-electron chi connectivity index (χ2n) is 5.79. The van der Waals surface area contributed by atoms with E-state index in [0.717, 1.165) is 25.3 Å². The summed E-state index contributed by atoms with van der Waals surface area (Å²) in [4.78, 5) is 35.1. The summed E-state index contributed by atoms with van der Waals surface area (Å²) in [5.41, 5.74) is 0.412. The molecular formula is C20H18FNO7. The van der Waals surface area contributed by atoms with E-state index >= 15 is 0 Å². The number of nitrogens with zero attached hydrogens (tertiary/aromatic N) is 1. The molecule has 2 aromatic carbocycles. The van der Waals surface area contributed by atoms with Crippen LogP contribution < -0.4 is 4.74 Å². The van der Waals surface area contributed by atoms with Gasteiger partial charge in [-0.25, -0.2) is 14.0 Å². The Kier molecular flexibility index (Phi) is 7.41. The Morgan fingerprint density at radius 3 is 2.38 bits per heavy atom. The number of ether oxygens (including phenoxy) is 3. The van der Waals surface area contributed by atoms with E-state index in [1.165, 1.54) is 31.4 Å². The van der Waals surface area contributed by atoms with Crippen LogP contribution in [0.1, 0.15) is 21.8 Å². The highest BCUT2D eigenvalue weighted by Crippen LogP contribution is 2.23. The minimum absolute atomic E-state index is 0.0532. The summed E-state index contributed by atoms with van der Waals surface area (Å²) in [5.74, 6) is -3.69. The van der Waals surface area contributed by atoms with Gasteiger partial charge in [0, 0.05) is 4.92 Å². The Labute approximate surface area is 165 Å². The molecule has 0 saturated carbocycles. The van der Waals surface area contributed by atoms with Crippen LogP contribution >= 0.6 is 0 Å². The molecule has 2 rings (SSSR count).